The van der Waals surface area contributed by atoms with Gasteiger partial charge in [0.1, 0.15) is 5.39 Å². The molecule has 1 fully saturated rings. The zero-order valence-electron chi connectivity index (χ0n) is 14.8. The number of nitrogens with zero attached hydrogens (tertiary/aromatic N) is 2. The molecule has 1 aromatic carbocycles. The summed E-state index contributed by atoms with van der Waals surface area (Å²) in [6, 6.07) is 8.26. The van der Waals surface area contributed by atoms with Gasteiger partial charge in [0.05, 0.1) is 23.1 Å². The Kier molecular flexibility index (Phi) is 4.48. The maximum atomic E-state index is 12.4. The van der Waals surface area contributed by atoms with E-state index in [2.05, 4.69) is 15.4 Å². The Balaban J connectivity index is 1.74. The highest BCUT2D eigenvalue weighted by molar-refractivity contribution is 7.90. The predicted molar refractivity (Wildman–Crippen MR) is 102 cm³/mol. The Hall–Kier alpha value is -2.65. The van der Waals surface area contributed by atoms with E-state index in [-0.39, 0.29) is 16.5 Å². The zero-order chi connectivity index (χ0) is 19.0. The molecule has 4 rings (SSSR count). The molecule has 0 aliphatic carbocycles. The third-order valence-corrected chi connectivity index (χ3v) is 5.79. The van der Waals surface area contributed by atoms with Gasteiger partial charge in [0.2, 0.25) is 0 Å². The second-order valence-corrected chi connectivity index (χ2v) is 8.67. The first kappa shape index (κ1) is 17.7. The summed E-state index contributed by atoms with van der Waals surface area (Å²) < 4.78 is 30.6. The van der Waals surface area contributed by atoms with Gasteiger partial charge in [0.25, 0.3) is 5.56 Å². The van der Waals surface area contributed by atoms with Gasteiger partial charge < -0.3 is 15.0 Å². The fourth-order valence-corrected chi connectivity index (χ4v) is 3.93. The van der Waals surface area contributed by atoms with Crippen LogP contribution in [0.1, 0.15) is 18.9 Å². The molecule has 3 heterocycles. The van der Waals surface area contributed by atoms with E-state index >= 15 is 0 Å². The molecule has 2 N–H and O–H groups in total. The van der Waals surface area contributed by atoms with Gasteiger partial charge >= 0.3 is 0 Å². The van der Waals surface area contributed by atoms with Crippen LogP contribution in [-0.4, -0.2) is 42.7 Å². The van der Waals surface area contributed by atoms with Crippen molar-refractivity contribution in [1.82, 2.24) is 14.8 Å². The molecule has 1 aliphatic heterocycles. The summed E-state index contributed by atoms with van der Waals surface area (Å²) in [7, 11) is -3.26. The minimum Gasteiger partial charge on any atom is -0.379 e. The van der Waals surface area contributed by atoms with Crippen molar-refractivity contribution in [3.8, 4) is 0 Å². The van der Waals surface area contributed by atoms with E-state index in [1.54, 1.807) is 18.3 Å². The molecule has 142 valence electrons. The first-order valence-electron chi connectivity index (χ1n) is 8.68. The molecule has 0 radical (unpaired) electrons. The van der Waals surface area contributed by atoms with E-state index < -0.39 is 9.84 Å². The highest BCUT2D eigenvalue weighted by atomic mass is 32.2. The molecule has 1 aliphatic rings. The fraction of sp³-hybridized carbons (Fsp3) is 0.333. The minimum atomic E-state index is -3.26. The zero-order valence-corrected chi connectivity index (χ0v) is 15.6. The molecule has 1 saturated heterocycles. The van der Waals surface area contributed by atoms with Crippen molar-refractivity contribution >= 4 is 32.2 Å². The highest BCUT2D eigenvalue weighted by Gasteiger charge is 2.22. The number of fused-ring (bicyclic) bond motifs is 1. The van der Waals surface area contributed by atoms with Gasteiger partial charge in [-0.1, -0.05) is 0 Å². The van der Waals surface area contributed by atoms with Gasteiger partial charge in [-0.15, -0.1) is 0 Å². The van der Waals surface area contributed by atoms with Crippen LogP contribution in [0.2, 0.25) is 0 Å². The first-order chi connectivity index (χ1) is 12.9. The molecule has 0 unspecified atom stereocenters. The Bertz CT molecular complexity index is 1130. The number of aromatic amines is 1. The molecule has 0 amide bonds. The molecule has 8 nitrogen and oxygen atoms in total. The van der Waals surface area contributed by atoms with E-state index in [0.29, 0.717) is 23.5 Å². The van der Waals surface area contributed by atoms with Crippen molar-refractivity contribution in [2.24, 2.45) is 0 Å². The van der Waals surface area contributed by atoms with E-state index in [9.17, 15) is 13.2 Å². The van der Waals surface area contributed by atoms with Crippen LogP contribution < -0.4 is 10.9 Å². The summed E-state index contributed by atoms with van der Waals surface area (Å²) in [6.45, 7) is 1.31. The number of ether oxygens (including phenoxy) is 1. The third-order valence-electron chi connectivity index (χ3n) is 4.66. The van der Waals surface area contributed by atoms with Crippen molar-refractivity contribution in [1.29, 1.82) is 0 Å². The second kappa shape index (κ2) is 6.82. The lowest BCUT2D eigenvalue weighted by molar-refractivity contribution is 0.0566. The minimum absolute atomic E-state index is 0.0752. The maximum absolute atomic E-state index is 12.4. The summed E-state index contributed by atoms with van der Waals surface area (Å²) in [5.41, 5.74) is 1.16. The number of nitrogens with one attached hydrogen (secondary N) is 2. The van der Waals surface area contributed by atoms with Crippen molar-refractivity contribution in [3.05, 3.63) is 46.9 Å². The molecular formula is C18H20N4O4S. The van der Waals surface area contributed by atoms with Gasteiger partial charge in [-0.3, -0.25) is 9.48 Å². The van der Waals surface area contributed by atoms with Gasteiger partial charge in [-0.2, -0.15) is 5.10 Å². The van der Waals surface area contributed by atoms with Crippen molar-refractivity contribution in [2.45, 2.75) is 23.8 Å². The monoisotopic (exact) mass is 388 g/mol. The fourth-order valence-electron chi connectivity index (χ4n) is 3.30. The molecule has 0 saturated carbocycles. The van der Waals surface area contributed by atoms with E-state index in [1.165, 1.54) is 12.1 Å². The first-order valence-corrected chi connectivity index (χ1v) is 10.6. The summed E-state index contributed by atoms with van der Waals surface area (Å²) in [5.74, 6) is 0.435. The lowest BCUT2D eigenvalue weighted by Gasteiger charge is -2.23. The highest BCUT2D eigenvalue weighted by Crippen LogP contribution is 2.28. The maximum Gasteiger partial charge on any atom is 0.261 e. The number of sulfone groups is 1. The molecule has 1 atom stereocenters. The second-order valence-electron chi connectivity index (χ2n) is 6.65. The van der Waals surface area contributed by atoms with E-state index in [1.807, 2.05) is 10.7 Å². The summed E-state index contributed by atoms with van der Waals surface area (Å²) in [4.78, 5) is 15.3. The smallest absolute Gasteiger partial charge is 0.261 e. The quantitative estimate of drug-likeness (QED) is 0.710. The number of aromatic nitrogens is 3. The number of rotatable bonds is 4. The molecular weight excluding hydrogens is 368 g/mol. The Labute approximate surface area is 156 Å². The topological polar surface area (TPSA) is 106 Å². The summed E-state index contributed by atoms with van der Waals surface area (Å²) >= 11 is 0. The lowest BCUT2D eigenvalue weighted by Crippen LogP contribution is -2.22. The number of anilines is 2. The van der Waals surface area contributed by atoms with Crippen molar-refractivity contribution in [3.63, 3.8) is 0 Å². The number of benzene rings is 1. The molecule has 3 aromatic rings. The van der Waals surface area contributed by atoms with Crippen molar-refractivity contribution in [2.75, 3.05) is 24.8 Å². The van der Waals surface area contributed by atoms with Crippen LogP contribution in [0.4, 0.5) is 11.5 Å². The number of hydrogen-bond acceptors (Lipinski definition) is 6. The predicted octanol–water partition coefficient (Wildman–Crippen LogP) is 2.22. The van der Waals surface area contributed by atoms with Crippen LogP contribution in [0.5, 0.6) is 0 Å². The van der Waals surface area contributed by atoms with Crippen LogP contribution in [0.15, 0.2) is 46.2 Å². The largest absolute Gasteiger partial charge is 0.379 e. The van der Waals surface area contributed by atoms with Crippen LogP contribution in [0, 0.1) is 0 Å². The molecule has 0 bridgehead atoms. The molecule has 27 heavy (non-hydrogen) atoms. The van der Waals surface area contributed by atoms with E-state index in [4.69, 9.17) is 4.74 Å². The van der Waals surface area contributed by atoms with Crippen LogP contribution in [0.25, 0.3) is 10.9 Å². The average Bonchev–Trinajstić information content (AvgIpc) is 3.02. The number of hydrogen-bond donors (Lipinski definition) is 2. The van der Waals surface area contributed by atoms with Gasteiger partial charge in [-0.25, -0.2) is 8.42 Å². The standard InChI is InChI=1S/C18H20N4O4S/c1-27(24,25)14-6-4-12(5-7-14)20-17-16-15(8-9-19-18(16)23)22(21-17)13-3-2-10-26-11-13/h4-9,13H,2-3,10-11H2,1H3,(H,19,23)(H,20,21)/t13-/m1/s1. The molecule has 9 heteroatoms. The Morgan fingerprint density at radius 1 is 1.26 bits per heavy atom. The molecule has 0 spiro atoms. The van der Waals surface area contributed by atoms with Gasteiger partial charge in [0, 0.05) is 24.7 Å². The normalized spacial score (nSPS) is 17.9. The third kappa shape index (κ3) is 3.47. The summed E-state index contributed by atoms with van der Waals surface area (Å²) in [6.07, 6.45) is 4.66. The van der Waals surface area contributed by atoms with Crippen molar-refractivity contribution < 1.29 is 13.2 Å². The van der Waals surface area contributed by atoms with Crippen LogP contribution in [0.3, 0.4) is 0 Å². The lowest BCUT2D eigenvalue weighted by atomic mass is 10.1. The van der Waals surface area contributed by atoms with Crippen LogP contribution in [-0.2, 0) is 14.6 Å². The Morgan fingerprint density at radius 2 is 2.04 bits per heavy atom. The van der Waals surface area contributed by atoms with Gasteiger partial charge in [0.15, 0.2) is 15.7 Å². The molecule has 2 aromatic heterocycles. The number of H-pyrrole nitrogens is 1. The SMILES string of the molecule is CS(=O)(=O)c1ccc(Nc2nn([C@@H]3CCCOC3)c3cc[nH]c(=O)c23)cc1. The van der Waals surface area contributed by atoms with Gasteiger partial charge in [-0.05, 0) is 43.2 Å². The van der Waals surface area contributed by atoms with E-state index in [0.717, 1.165) is 31.2 Å². The Morgan fingerprint density at radius 3 is 2.70 bits per heavy atom. The average molecular weight is 388 g/mol. The van der Waals surface area contributed by atoms with Crippen LogP contribution >= 0.6 is 0 Å². The summed E-state index contributed by atoms with van der Waals surface area (Å²) in [5, 5.41) is 8.23. The number of pyridine rings is 1.